The molecule has 0 saturated carbocycles. The number of benzene rings is 1. The van der Waals surface area contributed by atoms with Gasteiger partial charge in [0.05, 0.1) is 31.1 Å². The molecule has 130 valence electrons. The van der Waals surface area contributed by atoms with Gasteiger partial charge < -0.3 is 15.4 Å². The first-order valence-corrected chi connectivity index (χ1v) is 8.00. The van der Waals surface area contributed by atoms with Crippen LogP contribution in [0.4, 0.5) is 5.95 Å². The highest BCUT2D eigenvalue weighted by atomic mass is 16.5. The van der Waals surface area contributed by atoms with Gasteiger partial charge in [-0.25, -0.2) is 9.97 Å². The van der Waals surface area contributed by atoms with Crippen molar-refractivity contribution in [1.29, 1.82) is 0 Å². The molecule has 0 spiro atoms. The van der Waals surface area contributed by atoms with Gasteiger partial charge in [-0.15, -0.1) is 0 Å². The fourth-order valence-corrected chi connectivity index (χ4v) is 3.11. The van der Waals surface area contributed by atoms with Crippen LogP contribution in [0.25, 0.3) is 11.3 Å². The van der Waals surface area contributed by atoms with Crippen LogP contribution in [0.3, 0.4) is 0 Å². The highest BCUT2D eigenvalue weighted by Crippen LogP contribution is 2.38. The molecule has 0 fully saturated rings. The molecule has 0 radical (unpaired) electrons. The van der Waals surface area contributed by atoms with E-state index >= 15 is 0 Å². The Labute approximate surface area is 145 Å². The van der Waals surface area contributed by atoms with Gasteiger partial charge in [-0.05, 0) is 19.9 Å². The molecule has 1 aliphatic rings. The fraction of sp³-hybridized carbons (Fsp3) is 0.333. The van der Waals surface area contributed by atoms with E-state index in [1.807, 2.05) is 38.1 Å². The van der Waals surface area contributed by atoms with E-state index in [0.29, 0.717) is 6.54 Å². The van der Waals surface area contributed by atoms with Crippen LogP contribution in [0.1, 0.15) is 36.2 Å². The second-order valence-electron chi connectivity index (χ2n) is 6.11. The van der Waals surface area contributed by atoms with E-state index in [9.17, 15) is 9.59 Å². The third-order valence-electron chi connectivity index (χ3n) is 4.38. The summed E-state index contributed by atoms with van der Waals surface area (Å²) in [6, 6.07) is 7.66. The Bertz CT molecular complexity index is 850. The third kappa shape index (κ3) is 3.17. The molecule has 0 unspecified atom stereocenters. The predicted octanol–water partition coefficient (Wildman–Crippen LogP) is 2.00. The highest BCUT2D eigenvalue weighted by Gasteiger charge is 2.35. The van der Waals surface area contributed by atoms with E-state index in [0.717, 1.165) is 28.1 Å². The van der Waals surface area contributed by atoms with E-state index < -0.39 is 5.97 Å². The molecule has 2 heterocycles. The lowest BCUT2D eigenvalue weighted by molar-refractivity contribution is -0.147. The first-order valence-electron chi connectivity index (χ1n) is 8.00. The summed E-state index contributed by atoms with van der Waals surface area (Å²) < 4.78 is 4.58. The molecule has 1 aromatic heterocycles. The molecule has 25 heavy (non-hydrogen) atoms. The largest absolute Gasteiger partial charge is 0.469 e. The van der Waals surface area contributed by atoms with Gasteiger partial charge in [0.2, 0.25) is 11.9 Å². The molecule has 2 N–H and O–H groups in total. The summed E-state index contributed by atoms with van der Waals surface area (Å²) >= 11 is 0. The number of fused-ring (bicyclic) bond motifs is 1. The standard InChI is InChI=1S/C18H20N4O3/c1-10-5-4-6-12(7-10)17-13-9-22(14(23)8-15(24)25-3)11(2)16(13)20-18(19)21-17/h4-7,11H,8-9H2,1-3H3,(H2,19,20,21)/t11-/m1/s1. The van der Waals surface area contributed by atoms with Crippen molar-refractivity contribution in [2.24, 2.45) is 0 Å². The van der Waals surface area contributed by atoms with Gasteiger partial charge in [0.15, 0.2) is 0 Å². The minimum atomic E-state index is -0.558. The molecule has 2 aromatic rings. The number of rotatable bonds is 3. The number of carbonyl (C=O) groups excluding carboxylic acids is 2. The molecule has 1 amide bonds. The number of aryl methyl sites for hydroxylation is 1. The number of methoxy groups -OCH3 is 1. The van der Waals surface area contributed by atoms with Crippen LogP contribution < -0.4 is 5.73 Å². The Morgan fingerprint density at radius 1 is 1.36 bits per heavy atom. The van der Waals surface area contributed by atoms with Gasteiger partial charge in [-0.2, -0.15) is 0 Å². The number of amides is 1. The predicted molar refractivity (Wildman–Crippen MR) is 92.2 cm³/mol. The molecule has 3 rings (SSSR count). The van der Waals surface area contributed by atoms with Crippen molar-refractivity contribution < 1.29 is 14.3 Å². The van der Waals surface area contributed by atoms with Crippen LogP contribution >= 0.6 is 0 Å². The summed E-state index contributed by atoms with van der Waals surface area (Å²) in [7, 11) is 1.26. The maximum Gasteiger partial charge on any atom is 0.315 e. The second-order valence-corrected chi connectivity index (χ2v) is 6.11. The van der Waals surface area contributed by atoms with E-state index in [4.69, 9.17) is 5.73 Å². The van der Waals surface area contributed by atoms with Crippen molar-refractivity contribution in [2.45, 2.75) is 32.9 Å². The van der Waals surface area contributed by atoms with Crippen LogP contribution in [0.15, 0.2) is 24.3 Å². The van der Waals surface area contributed by atoms with Crippen LogP contribution in [0.2, 0.25) is 0 Å². The minimum absolute atomic E-state index is 0.171. The summed E-state index contributed by atoms with van der Waals surface area (Å²) in [6.45, 7) is 4.21. The van der Waals surface area contributed by atoms with E-state index in [-0.39, 0.29) is 24.3 Å². The zero-order valence-corrected chi connectivity index (χ0v) is 14.4. The fourth-order valence-electron chi connectivity index (χ4n) is 3.11. The number of carbonyl (C=O) groups is 2. The molecule has 0 saturated heterocycles. The van der Waals surface area contributed by atoms with Crippen molar-refractivity contribution in [3.63, 3.8) is 0 Å². The van der Waals surface area contributed by atoms with Crippen molar-refractivity contribution >= 4 is 17.8 Å². The molecule has 0 bridgehead atoms. The second kappa shape index (κ2) is 6.51. The summed E-state index contributed by atoms with van der Waals surface area (Å²) in [4.78, 5) is 34.2. The van der Waals surface area contributed by atoms with Crippen LogP contribution in [0.5, 0.6) is 0 Å². The van der Waals surface area contributed by atoms with Gasteiger partial charge in [-0.3, -0.25) is 9.59 Å². The first-order chi connectivity index (χ1) is 11.9. The smallest absolute Gasteiger partial charge is 0.315 e. The lowest BCUT2D eigenvalue weighted by Crippen LogP contribution is -2.30. The molecular formula is C18H20N4O3. The monoisotopic (exact) mass is 340 g/mol. The average Bonchev–Trinajstić information content (AvgIpc) is 2.91. The SMILES string of the molecule is COC(=O)CC(=O)N1Cc2c(-c3cccc(C)c3)nc(N)nc2[C@H]1C. The minimum Gasteiger partial charge on any atom is -0.469 e. The Balaban J connectivity index is 2.00. The number of nitrogens with two attached hydrogens (primary N) is 1. The van der Waals surface area contributed by atoms with Gasteiger partial charge in [0.1, 0.15) is 6.42 Å². The zero-order chi connectivity index (χ0) is 18.1. The van der Waals surface area contributed by atoms with Gasteiger partial charge in [-0.1, -0.05) is 23.8 Å². The number of esters is 1. The topological polar surface area (TPSA) is 98.4 Å². The summed E-state index contributed by atoms with van der Waals surface area (Å²) in [6.07, 6.45) is -0.294. The van der Waals surface area contributed by atoms with Crippen molar-refractivity contribution in [2.75, 3.05) is 12.8 Å². The van der Waals surface area contributed by atoms with E-state index in [1.54, 1.807) is 4.90 Å². The third-order valence-corrected chi connectivity index (χ3v) is 4.38. The number of nitrogens with zero attached hydrogens (tertiary/aromatic N) is 3. The molecule has 0 aliphatic carbocycles. The maximum atomic E-state index is 12.4. The average molecular weight is 340 g/mol. The normalized spacial score (nSPS) is 15.8. The molecule has 7 nitrogen and oxygen atoms in total. The van der Waals surface area contributed by atoms with E-state index in [1.165, 1.54) is 7.11 Å². The number of hydrogen-bond acceptors (Lipinski definition) is 6. The Kier molecular flexibility index (Phi) is 4.39. The maximum absolute atomic E-state index is 12.4. The number of anilines is 1. The Hall–Kier alpha value is -2.96. The number of aromatic nitrogens is 2. The number of hydrogen-bond donors (Lipinski definition) is 1. The first kappa shape index (κ1) is 16.9. The van der Waals surface area contributed by atoms with Crippen LogP contribution in [-0.4, -0.2) is 33.9 Å². The highest BCUT2D eigenvalue weighted by molar-refractivity contribution is 5.94. The van der Waals surface area contributed by atoms with Crippen molar-refractivity contribution in [3.8, 4) is 11.3 Å². The molecular weight excluding hydrogens is 320 g/mol. The van der Waals surface area contributed by atoms with Crippen LogP contribution in [-0.2, 0) is 20.9 Å². The molecule has 7 heteroatoms. The summed E-state index contributed by atoms with van der Waals surface area (Å²) in [5.41, 5.74) is 10.2. The van der Waals surface area contributed by atoms with Gasteiger partial charge >= 0.3 is 5.97 Å². The number of ether oxygens (including phenoxy) is 1. The van der Waals surface area contributed by atoms with Gasteiger partial charge in [0.25, 0.3) is 0 Å². The van der Waals surface area contributed by atoms with Gasteiger partial charge in [0, 0.05) is 11.1 Å². The quantitative estimate of drug-likeness (QED) is 0.678. The molecule has 1 aromatic carbocycles. The van der Waals surface area contributed by atoms with Crippen molar-refractivity contribution in [1.82, 2.24) is 14.9 Å². The Morgan fingerprint density at radius 2 is 2.12 bits per heavy atom. The molecule has 1 aliphatic heterocycles. The lowest BCUT2D eigenvalue weighted by atomic mass is 10.0. The van der Waals surface area contributed by atoms with Crippen molar-refractivity contribution in [3.05, 3.63) is 41.1 Å². The molecule has 1 atom stereocenters. The summed E-state index contributed by atoms with van der Waals surface area (Å²) in [5, 5.41) is 0. The summed E-state index contributed by atoms with van der Waals surface area (Å²) in [5.74, 6) is -0.687. The Morgan fingerprint density at radius 3 is 2.80 bits per heavy atom. The number of nitrogen functional groups attached to an aromatic ring is 1. The van der Waals surface area contributed by atoms with Crippen LogP contribution in [0, 0.1) is 6.92 Å². The lowest BCUT2D eigenvalue weighted by Gasteiger charge is -2.20. The zero-order valence-electron chi connectivity index (χ0n) is 14.4. The van der Waals surface area contributed by atoms with E-state index in [2.05, 4.69) is 14.7 Å².